The van der Waals surface area contributed by atoms with Crippen molar-refractivity contribution in [3.05, 3.63) is 30.3 Å². The van der Waals surface area contributed by atoms with Gasteiger partial charge in [-0.1, -0.05) is 24.6 Å². The summed E-state index contributed by atoms with van der Waals surface area (Å²) in [5, 5.41) is 12.8. The molecule has 0 unspecified atom stereocenters. The number of hydrogen-bond acceptors (Lipinski definition) is 3. The highest BCUT2D eigenvalue weighted by atomic mass is 16.4. The molecule has 3 fully saturated rings. The summed E-state index contributed by atoms with van der Waals surface area (Å²) in [5.74, 6) is -0.614. The van der Waals surface area contributed by atoms with Gasteiger partial charge in [-0.2, -0.15) is 0 Å². The van der Waals surface area contributed by atoms with Crippen molar-refractivity contribution in [2.45, 2.75) is 38.1 Å². The van der Waals surface area contributed by atoms with Gasteiger partial charge in [-0.05, 0) is 43.7 Å². The third kappa shape index (κ3) is 3.02. The van der Waals surface area contributed by atoms with Crippen LogP contribution in [0.3, 0.4) is 0 Å². The third-order valence-electron chi connectivity index (χ3n) is 6.53. The summed E-state index contributed by atoms with van der Waals surface area (Å²) in [4.78, 5) is 28.5. The minimum Gasteiger partial charge on any atom is -0.481 e. The number of carboxylic acids is 1. The fraction of sp³-hybridized carbons (Fsp3) is 0.600. The van der Waals surface area contributed by atoms with Crippen LogP contribution in [0.4, 0.5) is 10.5 Å². The molecule has 2 heterocycles. The smallest absolute Gasteiger partial charge is 0.317 e. The lowest BCUT2D eigenvalue weighted by Gasteiger charge is -2.34. The maximum atomic E-state index is 12.7. The number of hydrogen-bond donors (Lipinski definition) is 2. The zero-order chi connectivity index (χ0) is 18.1. The molecule has 4 rings (SSSR count). The molecular weight excluding hydrogens is 330 g/mol. The number of rotatable bonds is 3. The van der Waals surface area contributed by atoms with Crippen LogP contribution in [0, 0.1) is 11.3 Å². The molecule has 0 radical (unpaired) electrons. The second-order valence-electron chi connectivity index (χ2n) is 7.98. The number of amides is 2. The van der Waals surface area contributed by atoms with Gasteiger partial charge < -0.3 is 20.2 Å². The molecule has 26 heavy (non-hydrogen) atoms. The van der Waals surface area contributed by atoms with E-state index in [1.54, 1.807) is 4.90 Å². The summed E-state index contributed by atoms with van der Waals surface area (Å²) in [5.41, 5.74) is 0.529. The Hall–Kier alpha value is -2.24. The Kier molecular flexibility index (Phi) is 4.51. The minimum atomic E-state index is -0.730. The van der Waals surface area contributed by atoms with E-state index in [1.807, 2.05) is 18.2 Å². The fourth-order valence-corrected chi connectivity index (χ4v) is 4.98. The van der Waals surface area contributed by atoms with Gasteiger partial charge >= 0.3 is 12.0 Å². The van der Waals surface area contributed by atoms with E-state index in [9.17, 15) is 14.7 Å². The Morgan fingerprint density at radius 1 is 1.12 bits per heavy atom. The first-order chi connectivity index (χ1) is 12.6. The summed E-state index contributed by atoms with van der Waals surface area (Å²) in [7, 11) is 0. The highest BCUT2D eigenvalue weighted by molar-refractivity contribution is 5.80. The van der Waals surface area contributed by atoms with Crippen molar-refractivity contribution in [3.8, 4) is 0 Å². The molecule has 2 aliphatic heterocycles. The van der Waals surface area contributed by atoms with E-state index in [0.29, 0.717) is 19.5 Å². The summed E-state index contributed by atoms with van der Waals surface area (Å²) >= 11 is 0. The summed E-state index contributed by atoms with van der Waals surface area (Å²) in [6.07, 6.45) is 4.42. The Balaban J connectivity index is 1.31. The monoisotopic (exact) mass is 357 g/mol. The van der Waals surface area contributed by atoms with Crippen LogP contribution in [0.25, 0.3) is 0 Å². The lowest BCUT2D eigenvalue weighted by Crippen LogP contribution is -2.49. The van der Waals surface area contributed by atoms with E-state index in [0.717, 1.165) is 38.8 Å². The Bertz CT molecular complexity index is 672. The van der Waals surface area contributed by atoms with Crippen LogP contribution in [0.5, 0.6) is 0 Å². The first kappa shape index (κ1) is 17.2. The quantitative estimate of drug-likeness (QED) is 0.872. The number of para-hydroxylation sites is 1. The van der Waals surface area contributed by atoms with Crippen molar-refractivity contribution >= 4 is 17.7 Å². The van der Waals surface area contributed by atoms with Crippen LogP contribution in [0.1, 0.15) is 32.1 Å². The van der Waals surface area contributed by atoms with Gasteiger partial charge in [0, 0.05) is 37.9 Å². The summed E-state index contributed by atoms with van der Waals surface area (Å²) in [6, 6.07) is 10.4. The molecule has 0 spiro atoms. The van der Waals surface area contributed by atoms with Gasteiger partial charge in [-0.15, -0.1) is 0 Å². The average Bonchev–Trinajstić information content (AvgIpc) is 3.22. The van der Waals surface area contributed by atoms with E-state index in [4.69, 9.17) is 0 Å². The molecule has 6 nitrogen and oxygen atoms in total. The number of likely N-dealkylation sites (tertiary alicyclic amines) is 1. The summed E-state index contributed by atoms with van der Waals surface area (Å²) in [6.45, 7) is 2.80. The summed E-state index contributed by atoms with van der Waals surface area (Å²) < 4.78 is 0. The van der Waals surface area contributed by atoms with Crippen LogP contribution in [-0.4, -0.2) is 54.2 Å². The first-order valence-electron chi connectivity index (χ1n) is 9.67. The van der Waals surface area contributed by atoms with Gasteiger partial charge in [0.15, 0.2) is 0 Å². The van der Waals surface area contributed by atoms with Crippen molar-refractivity contribution in [2.24, 2.45) is 11.3 Å². The Morgan fingerprint density at radius 2 is 1.85 bits per heavy atom. The number of fused-ring (bicyclic) bond motifs is 1. The van der Waals surface area contributed by atoms with E-state index < -0.39 is 11.4 Å². The van der Waals surface area contributed by atoms with Gasteiger partial charge in [0.1, 0.15) is 0 Å². The van der Waals surface area contributed by atoms with E-state index in [1.165, 1.54) is 5.69 Å². The third-order valence-corrected chi connectivity index (χ3v) is 6.53. The number of anilines is 1. The molecule has 2 atom stereocenters. The molecule has 1 aromatic rings. The van der Waals surface area contributed by atoms with Gasteiger partial charge in [0.2, 0.25) is 0 Å². The zero-order valence-electron chi connectivity index (χ0n) is 15.1. The maximum absolute atomic E-state index is 12.7. The minimum absolute atomic E-state index is 0.0850. The molecule has 1 aromatic carbocycles. The van der Waals surface area contributed by atoms with Crippen LogP contribution < -0.4 is 10.2 Å². The predicted octanol–water partition coefficient (Wildman–Crippen LogP) is 2.55. The SMILES string of the molecule is O=C(NC1CCN(c2ccccc2)CC1)N1C[C@@H]2CCC[C@@]2(C(=O)O)C1. The molecule has 3 aliphatic rings. The lowest BCUT2D eigenvalue weighted by atomic mass is 9.81. The number of benzene rings is 1. The largest absolute Gasteiger partial charge is 0.481 e. The molecule has 2 amide bonds. The van der Waals surface area contributed by atoms with Crippen LogP contribution in [0.2, 0.25) is 0 Å². The molecule has 1 saturated carbocycles. The second kappa shape index (κ2) is 6.82. The van der Waals surface area contributed by atoms with Crippen molar-refractivity contribution in [1.29, 1.82) is 0 Å². The molecule has 0 bridgehead atoms. The normalized spacial score (nSPS) is 28.8. The number of urea groups is 1. The van der Waals surface area contributed by atoms with E-state index in [-0.39, 0.29) is 18.0 Å². The number of aliphatic carboxylic acids is 1. The standard InChI is InChI=1S/C20H27N3O3/c24-18(25)20-10-4-5-15(20)13-23(14-20)19(26)21-16-8-11-22(12-9-16)17-6-2-1-3-7-17/h1-3,6-7,15-16H,4-5,8-14H2,(H,21,26)(H,24,25)/t15-,20+/m0/s1. The van der Waals surface area contributed by atoms with Crippen molar-refractivity contribution in [2.75, 3.05) is 31.1 Å². The maximum Gasteiger partial charge on any atom is 0.317 e. The number of piperidine rings is 1. The number of carboxylic acid groups (broad SMARTS) is 1. The molecule has 0 aromatic heterocycles. The van der Waals surface area contributed by atoms with Gasteiger partial charge in [-0.25, -0.2) is 4.79 Å². The molecule has 1 aliphatic carbocycles. The number of carbonyl (C=O) groups is 2. The van der Waals surface area contributed by atoms with Crippen LogP contribution in [-0.2, 0) is 4.79 Å². The predicted molar refractivity (Wildman–Crippen MR) is 99.2 cm³/mol. The molecule has 2 saturated heterocycles. The average molecular weight is 357 g/mol. The highest BCUT2D eigenvalue weighted by Gasteiger charge is 2.55. The molecule has 140 valence electrons. The second-order valence-corrected chi connectivity index (χ2v) is 7.98. The Morgan fingerprint density at radius 3 is 2.50 bits per heavy atom. The van der Waals surface area contributed by atoms with Gasteiger partial charge in [0.05, 0.1) is 5.41 Å². The molecular formula is C20H27N3O3. The highest BCUT2D eigenvalue weighted by Crippen LogP contribution is 2.48. The van der Waals surface area contributed by atoms with Crippen LogP contribution >= 0.6 is 0 Å². The van der Waals surface area contributed by atoms with Gasteiger partial charge in [0.25, 0.3) is 0 Å². The van der Waals surface area contributed by atoms with Crippen molar-refractivity contribution < 1.29 is 14.7 Å². The van der Waals surface area contributed by atoms with Crippen molar-refractivity contribution in [3.63, 3.8) is 0 Å². The topological polar surface area (TPSA) is 72.9 Å². The van der Waals surface area contributed by atoms with Gasteiger partial charge in [-0.3, -0.25) is 4.79 Å². The number of carbonyl (C=O) groups excluding carboxylic acids is 1. The Labute approximate surface area is 154 Å². The fourth-order valence-electron chi connectivity index (χ4n) is 4.98. The zero-order valence-corrected chi connectivity index (χ0v) is 15.1. The number of nitrogens with zero attached hydrogens (tertiary/aromatic N) is 2. The molecule has 2 N–H and O–H groups in total. The molecule has 6 heteroatoms. The van der Waals surface area contributed by atoms with E-state index >= 15 is 0 Å². The number of nitrogens with one attached hydrogen (secondary N) is 1. The van der Waals surface area contributed by atoms with Crippen molar-refractivity contribution in [1.82, 2.24) is 10.2 Å². The van der Waals surface area contributed by atoms with E-state index in [2.05, 4.69) is 22.3 Å². The lowest BCUT2D eigenvalue weighted by molar-refractivity contribution is -0.149. The van der Waals surface area contributed by atoms with Crippen LogP contribution in [0.15, 0.2) is 30.3 Å². The first-order valence-corrected chi connectivity index (χ1v) is 9.67.